The molecule has 0 N–H and O–H groups in total. The standard InChI is InChI=1S/C24H24N2S2/c1-5-17-7-11-19(12-8-17)21-15(3)27-23(25-21)24-26-22(16(4)28-24)20-13-9-18(6-2)10-14-20/h7-14H,5-6H2,1-4H3. The van der Waals surface area contributed by atoms with Crippen LogP contribution < -0.4 is 0 Å². The summed E-state index contributed by atoms with van der Waals surface area (Å²) in [5.74, 6) is 0. The van der Waals surface area contributed by atoms with E-state index in [0.29, 0.717) is 0 Å². The molecule has 2 heterocycles. The molecule has 0 aliphatic rings. The summed E-state index contributed by atoms with van der Waals surface area (Å²) in [6, 6.07) is 17.5. The Balaban J connectivity index is 1.68. The van der Waals surface area contributed by atoms with Crippen LogP contribution >= 0.6 is 22.7 Å². The van der Waals surface area contributed by atoms with Crippen LogP contribution in [0.15, 0.2) is 48.5 Å². The first-order chi connectivity index (χ1) is 13.6. The van der Waals surface area contributed by atoms with Crippen LogP contribution in [0, 0.1) is 13.8 Å². The van der Waals surface area contributed by atoms with E-state index in [-0.39, 0.29) is 0 Å². The molecule has 4 aromatic rings. The Labute approximate surface area is 175 Å². The minimum atomic E-state index is 1.01. The van der Waals surface area contributed by atoms with E-state index in [9.17, 15) is 0 Å². The Morgan fingerprint density at radius 1 is 0.607 bits per heavy atom. The first-order valence-electron chi connectivity index (χ1n) is 9.72. The van der Waals surface area contributed by atoms with Crippen molar-refractivity contribution in [1.82, 2.24) is 9.97 Å². The highest BCUT2D eigenvalue weighted by Gasteiger charge is 2.17. The second-order valence-electron chi connectivity index (χ2n) is 6.95. The van der Waals surface area contributed by atoms with Crippen molar-refractivity contribution < 1.29 is 0 Å². The van der Waals surface area contributed by atoms with Gasteiger partial charge in [-0.25, -0.2) is 9.97 Å². The Hall–Kier alpha value is -2.30. The largest absolute Gasteiger partial charge is 0.233 e. The zero-order valence-electron chi connectivity index (χ0n) is 16.7. The molecule has 0 aliphatic heterocycles. The summed E-state index contributed by atoms with van der Waals surface area (Å²) in [5, 5.41) is 2.02. The van der Waals surface area contributed by atoms with E-state index in [4.69, 9.17) is 9.97 Å². The van der Waals surface area contributed by atoms with E-state index in [1.54, 1.807) is 22.7 Å². The first kappa shape index (κ1) is 19.0. The molecule has 4 rings (SSSR count). The SMILES string of the molecule is CCc1ccc(-c2nc(-c3nc(-c4ccc(CC)cc4)c(C)s3)sc2C)cc1. The smallest absolute Gasteiger partial charge is 0.153 e. The molecule has 0 bridgehead atoms. The predicted molar refractivity (Wildman–Crippen MR) is 122 cm³/mol. The van der Waals surface area contributed by atoms with Crippen LogP contribution in [0.25, 0.3) is 32.5 Å². The number of aromatic nitrogens is 2. The third kappa shape index (κ3) is 3.67. The molecule has 0 spiro atoms. The fourth-order valence-corrected chi connectivity index (χ4v) is 5.20. The Morgan fingerprint density at radius 3 is 1.29 bits per heavy atom. The molecule has 142 valence electrons. The minimum Gasteiger partial charge on any atom is -0.233 e. The summed E-state index contributed by atoms with van der Waals surface area (Å²) < 4.78 is 0. The topological polar surface area (TPSA) is 25.8 Å². The zero-order chi connectivity index (χ0) is 19.7. The van der Waals surface area contributed by atoms with Crippen LogP contribution in [0.1, 0.15) is 34.7 Å². The van der Waals surface area contributed by atoms with Crippen molar-refractivity contribution in [2.24, 2.45) is 0 Å². The van der Waals surface area contributed by atoms with Gasteiger partial charge in [0, 0.05) is 20.9 Å². The summed E-state index contributed by atoms with van der Waals surface area (Å²) in [5.41, 5.74) is 7.22. The Bertz CT molecular complexity index is 997. The van der Waals surface area contributed by atoms with Gasteiger partial charge in [0.15, 0.2) is 10.0 Å². The van der Waals surface area contributed by atoms with Gasteiger partial charge in [-0.1, -0.05) is 62.4 Å². The highest BCUT2D eigenvalue weighted by atomic mass is 32.1. The van der Waals surface area contributed by atoms with Crippen LogP contribution in [0.3, 0.4) is 0 Å². The summed E-state index contributed by atoms with van der Waals surface area (Å²) in [7, 11) is 0. The van der Waals surface area contributed by atoms with Gasteiger partial charge in [0.1, 0.15) is 0 Å². The normalized spacial score (nSPS) is 11.1. The van der Waals surface area contributed by atoms with Gasteiger partial charge in [-0.05, 0) is 37.8 Å². The molecule has 4 heteroatoms. The summed E-state index contributed by atoms with van der Waals surface area (Å²) >= 11 is 3.46. The van der Waals surface area contributed by atoms with E-state index < -0.39 is 0 Å². The molecule has 0 radical (unpaired) electrons. The predicted octanol–water partition coefficient (Wildman–Crippen LogP) is 7.34. The van der Waals surface area contributed by atoms with E-state index in [1.807, 2.05) is 0 Å². The van der Waals surface area contributed by atoms with Crippen LogP contribution in [-0.2, 0) is 12.8 Å². The second-order valence-corrected chi connectivity index (χ2v) is 9.35. The van der Waals surface area contributed by atoms with Crippen LogP contribution in [-0.4, -0.2) is 9.97 Å². The van der Waals surface area contributed by atoms with E-state index in [0.717, 1.165) is 34.2 Å². The monoisotopic (exact) mass is 404 g/mol. The molecule has 2 aromatic heterocycles. The zero-order valence-corrected chi connectivity index (χ0v) is 18.4. The third-order valence-corrected chi connectivity index (χ3v) is 7.13. The number of nitrogens with zero attached hydrogens (tertiary/aromatic N) is 2. The van der Waals surface area contributed by atoms with Gasteiger partial charge in [0.2, 0.25) is 0 Å². The number of rotatable bonds is 5. The molecular formula is C24H24N2S2. The van der Waals surface area contributed by atoms with Crippen molar-refractivity contribution in [2.45, 2.75) is 40.5 Å². The van der Waals surface area contributed by atoms with Crippen molar-refractivity contribution in [2.75, 3.05) is 0 Å². The molecule has 2 aromatic carbocycles. The Kier molecular flexibility index (Phi) is 5.42. The fourth-order valence-electron chi connectivity index (χ4n) is 3.31. The van der Waals surface area contributed by atoms with Gasteiger partial charge in [0.25, 0.3) is 0 Å². The van der Waals surface area contributed by atoms with Gasteiger partial charge in [-0.15, -0.1) is 22.7 Å². The molecule has 0 aliphatic carbocycles. The van der Waals surface area contributed by atoms with Gasteiger partial charge in [0.05, 0.1) is 11.4 Å². The average Bonchev–Trinajstić information content (AvgIpc) is 3.31. The molecule has 0 saturated heterocycles. The quantitative estimate of drug-likeness (QED) is 0.348. The molecule has 0 amide bonds. The van der Waals surface area contributed by atoms with Crippen LogP contribution in [0.4, 0.5) is 0 Å². The first-order valence-corrected chi connectivity index (χ1v) is 11.4. The molecule has 2 nitrogen and oxygen atoms in total. The molecule has 0 unspecified atom stereocenters. The maximum Gasteiger partial charge on any atom is 0.153 e. The lowest BCUT2D eigenvalue weighted by atomic mass is 10.1. The maximum atomic E-state index is 4.95. The van der Waals surface area contributed by atoms with Gasteiger partial charge in [-0.3, -0.25) is 0 Å². The highest BCUT2D eigenvalue weighted by molar-refractivity contribution is 7.21. The van der Waals surface area contributed by atoms with Crippen molar-refractivity contribution in [3.8, 4) is 32.5 Å². The number of benzene rings is 2. The molecule has 0 saturated carbocycles. The lowest BCUT2D eigenvalue weighted by Gasteiger charge is -2.01. The summed E-state index contributed by atoms with van der Waals surface area (Å²) in [4.78, 5) is 12.4. The third-order valence-electron chi connectivity index (χ3n) is 5.05. The van der Waals surface area contributed by atoms with Gasteiger partial charge in [-0.2, -0.15) is 0 Å². The number of thiazole rings is 2. The maximum absolute atomic E-state index is 4.95. The lowest BCUT2D eigenvalue weighted by Crippen LogP contribution is -1.85. The highest BCUT2D eigenvalue weighted by Crippen LogP contribution is 2.38. The van der Waals surface area contributed by atoms with Gasteiger partial charge >= 0.3 is 0 Å². The summed E-state index contributed by atoms with van der Waals surface area (Å²) in [6.45, 7) is 8.66. The number of aryl methyl sites for hydroxylation is 4. The van der Waals surface area contributed by atoms with Crippen molar-refractivity contribution in [3.63, 3.8) is 0 Å². The van der Waals surface area contributed by atoms with E-state index in [1.165, 1.54) is 32.0 Å². The average molecular weight is 405 g/mol. The number of hydrogen-bond acceptors (Lipinski definition) is 4. The second kappa shape index (κ2) is 7.98. The molecule has 28 heavy (non-hydrogen) atoms. The fraction of sp³-hybridized carbons (Fsp3) is 0.250. The van der Waals surface area contributed by atoms with E-state index in [2.05, 4.69) is 76.2 Å². The van der Waals surface area contributed by atoms with Crippen molar-refractivity contribution in [1.29, 1.82) is 0 Å². The van der Waals surface area contributed by atoms with E-state index >= 15 is 0 Å². The minimum absolute atomic E-state index is 1.01. The van der Waals surface area contributed by atoms with Crippen LogP contribution in [0.2, 0.25) is 0 Å². The molecule has 0 fully saturated rings. The number of hydrogen-bond donors (Lipinski definition) is 0. The Morgan fingerprint density at radius 2 is 0.964 bits per heavy atom. The molecular weight excluding hydrogens is 380 g/mol. The molecule has 0 atom stereocenters. The lowest BCUT2D eigenvalue weighted by molar-refractivity contribution is 1.14. The summed E-state index contributed by atoms with van der Waals surface area (Å²) in [6.07, 6.45) is 2.12. The van der Waals surface area contributed by atoms with Crippen molar-refractivity contribution in [3.05, 3.63) is 69.4 Å². The van der Waals surface area contributed by atoms with Crippen LogP contribution in [0.5, 0.6) is 0 Å². The van der Waals surface area contributed by atoms with Gasteiger partial charge < -0.3 is 0 Å². The van der Waals surface area contributed by atoms with Crippen molar-refractivity contribution >= 4 is 22.7 Å².